The Morgan fingerprint density at radius 1 is 1.00 bits per heavy atom. The minimum atomic E-state index is -0.393. The highest BCUT2D eigenvalue weighted by Gasteiger charge is 2.12. The Balaban J connectivity index is 1.33. The van der Waals surface area contributed by atoms with Crippen molar-refractivity contribution >= 4 is 22.5 Å². The van der Waals surface area contributed by atoms with E-state index in [2.05, 4.69) is 27.3 Å². The van der Waals surface area contributed by atoms with Crippen molar-refractivity contribution in [2.45, 2.75) is 25.7 Å². The Kier molecular flexibility index (Phi) is 5.12. The average molecular weight is 382 g/mol. The van der Waals surface area contributed by atoms with E-state index < -0.39 is 5.82 Å². The Bertz CT molecular complexity index is 1080. The molecular weight excluding hydrogens is 365 g/mol. The number of unbranched alkanes of at least 4 members (excludes halogenated alkanes) is 1. The van der Waals surface area contributed by atoms with E-state index in [9.17, 15) is 4.39 Å². The normalized spacial score (nSPS) is 11.2. The SMILES string of the molecule is Fc1ccc(-c2noc(CCCCc3cnc4ccccc4c3)n2)c(Cl)c1. The van der Waals surface area contributed by atoms with Gasteiger partial charge in [-0.3, -0.25) is 4.98 Å². The molecule has 27 heavy (non-hydrogen) atoms. The lowest BCUT2D eigenvalue weighted by atomic mass is 10.1. The van der Waals surface area contributed by atoms with Gasteiger partial charge < -0.3 is 4.52 Å². The van der Waals surface area contributed by atoms with Crippen LogP contribution in [0, 0.1) is 5.82 Å². The lowest BCUT2D eigenvalue weighted by Crippen LogP contribution is -1.91. The molecule has 136 valence electrons. The Labute approximate surface area is 161 Å². The van der Waals surface area contributed by atoms with E-state index in [1.165, 1.54) is 17.7 Å². The second-order valence-corrected chi connectivity index (χ2v) is 6.79. The Morgan fingerprint density at radius 2 is 1.85 bits per heavy atom. The van der Waals surface area contributed by atoms with Crippen LogP contribution >= 0.6 is 11.6 Å². The first kappa shape index (κ1) is 17.6. The van der Waals surface area contributed by atoms with Gasteiger partial charge >= 0.3 is 0 Å². The zero-order valence-corrected chi connectivity index (χ0v) is 15.3. The lowest BCUT2D eigenvalue weighted by Gasteiger charge is -2.02. The molecule has 0 aliphatic rings. The minimum Gasteiger partial charge on any atom is -0.339 e. The van der Waals surface area contributed by atoms with Crippen molar-refractivity contribution in [3.05, 3.63) is 77.0 Å². The number of pyridine rings is 1. The molecule has 2 heterocycles. The fraction of sp³-hybridized carbons (Fsp3) is 0.190. The van der Waals surface area contributed by atoms with Crippen LogP contribution in [0.15, 0.2) is 59.3 Å². The van der Waals surface area contributed by atoms with E-state index in [1.807, 2.05) is 24.4 Å². The number of hydrogen-bond donors (Lipinski definition) is 0. The summed E-state index contributed by atoms with van der Waals surface area (Å²) >= 11 is 6.04. The summed E-state index contributed by atoms with van der Waals surface area (Å²) in [5.41, 5.74) is 2.80. The Morgan fingerprint density at radius 3 is 2.74 bits per heavy atom. The van der Waals surface area contributed by atoms with Crippen molar-refractivity contribution < 1.29 is 8.91 Å². The maximum Gasteiger partial charge on any atom is 0.226 e. The van der Waals surface area contributed by atoms with Gasteiger partial charge in [-0.2, -0.15) is 4.98 Å². The van der Waals surface area contributed by atoms with E-state index in [1.54, 1.807) is 6.07 Å². The standard InChI is InChI=1S/C21H17ClFN3O/c22-18-12-16(23)9-10-17(18)21-25-20(27-26-21)8-4-1-5-14-11-15-6-2-3-7-19(15)24-13-14/h2-3,6-7,9-13H,1,4-5,8H2. The van der Waals surface area contributed by atoms with Gasteiger partial charge in [-0.15, -0.1) is 0 Å². The lowest BCUT2D eigenvalue weighted by molar-refractivity contribution is 0.375. The van der Waals surface area contributed by atoms with Crippen LogP contribution in [0.3, 0.4) is 0 Å². The minimum absolute atomic E-state index is 0.270. The van der Waals surface area contributed by atoms with Crippen molar-refractivity contribution in [1.29, 1.82) is 0 Å². The van der Waals surface area contributed by atoms with Crippen LogP contribution in [-0.2, 0) is 12.8 Å². The van der Waals surface area contributed by atoms with Gasteiger partial charge in [0.25, 0.3) is 0 Å². The summed E-state index contributed by atoms with van der Waals surface area (Å²) in [4.78, 5) is 8.85. The molecule has 0 amide bonds. The van der Waals surface area contributed by atoms with E-state index in [4.69, 9.17) is 16.1 Å². The summed E-state index contributed by atoms with van der Waals surface area (Å²) < 4.78 is 18.4. The number of para-hydroxylation sites is 1. The zero-order valence-electron chi connectivity index (χ0n) is 14.5. The predicted molar refractivity (Wildman–Crippen MR) is 103 cm³/mol. The topological polar surface area (TPSA) is 51.8 Å². The molecule has 2 aromatic heterocycles. The first-order chi connectivity index (χ1) is 13.2. The summed E-state index contributed by atoms with van der Waals surface area (Å²) in [6, 6.07) is 14.4. The van der Waals surface area contributed by atoms with Crippen LogP contribution in [0.25, 0.3) is 22.3 Å². The smallest absolute Gasteiger partial charge is 0.226 e. The quantitative estimate of drug-likeness (QED) is 0.405. The van der Waals surface area contributed by atoms with Crippen molar-refractivity contribution in [3.63, 3.8) is 0 Å². The van der Waals surface area contributed by atoms with E-state index in [0.29, 0.717) is 23.7 Å². The fourth-order valence-electron chi connectivity index (χ4n) is 3.00. The van der Waals surface area contributed by atoms with Gasteiger partial charge in [-0.25, -0.2) is 4.39 Å². The molecule has 2 aromatic carbocycles. The highest BCUT2D eigenvalue weighted by Crippen LogP contribution is 2.26. The fourth-order valence-corrected chi connectivity index (χ4v) is 3.25. The third kappa shape index (κ3) is 4.14. The molecule has 0 saturated carbocycles. The largest absolute Gasteiger partial charge is 0.339 e. The number of benzene rings is 2. The van der Waals surface area contributed by atoms with Crippen LogP contribution in [0.1, 0.15) is 24.3 Å². The maximum atomic E-state index is 13.1. The third-order valence-corrected chi connectivity index (χ3v) is 4.71. The van der Waals surface area contributed by atoms with Crippen LogP contribution in [-0.4, -0.2) is 15.1 Å². The van der Waals surface area contributed by atoms with E-state index >= 15 is 0 Å². The van der Waals surface area contributed by atoms with Gasteiger partial charge in [-0.05, 0) is 55.2 Å². The third-order valence-electron chi connectivity index (χ3n) is 4.39. The van der Waals surface area contributed by atoms with Crippen molar-refractivity contribution in [1.82, 2.24) is 15.1 Å². The highest BCUT2D eigenvalue weighted by molar-refractivity contribution is 6.33. The molecule has 0 aliphatic heterocycles. The van der Waals surface area contributed by atoms with Gasteiger partial charge in [0.2, 0.25) is 11.7 Å². The molecule has 0 fully saturated rings. The monoisotopic (exact) mass is 381 g/mol. The highest BCUT2D eigenvalue weighted by atomic mass is 35.5. The van der Waals surface area contributed by atoms with Gasteiger partial charge in [0.05, 0.1) is 10.5 Å². The second kappa shape index (κ2) is 7.84. The zero-order chi connectivity index (χ0) is 18.6. The van der Waals surface area contributed by atoms with Crippen molar-refractivity contribution in [2.24, 2.45) is 0 Å². The van der Waals surface area contributed by atoms with Gasteiger partial charge in [0, 0.05) is 23.6 Å². The van der Waals surface area contributed by atoms with Crippen molar-refractivity contribution in [2.75, 3.05) is 0 Å². The summed E-state index contributed by atoms with van der Waals surface area (Å²) in [5.74, 6) is 0.548. The average Bonchev–Trinajstić information content (AvgIpc) is 3.14. The Hall–Kier alpha value is -2.79. The molecule has 6 heteroatoms. The predicted octanol–water partition coefficient (Wildman–Crippen LogP) is 5.64. The van der Waals surface area contributed by atoms with E-state index in [0.717, 1.165) is 30.2 Å². The first-order valence-corrected chi connectivity index (χ1v) is 9.18. The molecule has 0 saturated heterocycles. The molecule has 4 aromatic rings. The van der Waals surface area contributed by atoms with Crippen LogP contribution in [0.5, 0.6) is 0 Å². The molecule has 0 atom stereocenters. The molecule has 4 rings (SSSR count). The molecule has 0 radical (unpaired) electrons. The summed E-state index contributed by atoms with van der Waals surface area (Å²) in [7, 11) is 0. The van der Waals surface area contributed by atoms with Gasteiger partial charge in [-0.1, -0.05) is 35.0 Å². The van der Waals surface area contributed by atoms with Crippen LogP contribution in [0.4, 0.5) is 4.39 Å². The molecular formula is C21H17ClFN3O. The molecule has 0 unspecified atom stereocenters. The number of halogens is 2. The summed E-state index contributed by atoms with van der Waals surface area (Å²) in [5, 5.41) is 5.37. The molecule has 0 spiro atoms. The number of nitrogens with zero attached hydrogens (tertiary/aromatic N) is 3. The van der Waals surface area contributed by atoms with Crippen molar-refractivity contribution in [3.8, 4) is 11.4 Å². The molecule has 0 bridgehead atoms. The molecule has 0 N–H and O–H groups in total. The summed E-state index contributed by atoms with van der Waals surface area (Å²) in [6.45, 7) is 0. The number of aromatic nitrogens is 3. The van der Waals surface area contributed by atoms with Crippen LogP contribution in [0.2, 0.25) is 5.02 Å². The number of hydrogen-bond acceptors (Lipinski definition) is 4. The first-order valence-electron chi connectivity index (χ1n) is 8.81. The maximum absolute atomic E-state index is 13.1. The van der Waals surface area contributed by atoms with Crippen LogP contribution < -0.4 is 0 Å². The molecule has 4 nitrogen and oxygen atoms in total. The summed E-state index contributed by atoms with van der Waals surface area (Å²) in [6.07, 6.45) is 5.49. The molecule has 0 aliphatic carbocycles. The van der Waals surface area contributed by atoms with Gasteiger partial charge in [0.15, 0.2) is 0 Å². The van der Waals surface area contributed by atoms with E-state index in [-0.39, 0.29) is 5.02 Å². The number of fused-ring (bicyclic) bond motifs is 1. The number of rotatable bonds is 6. The van der Waals surface area contributed by atoms with Gasteiger partial charge in [0.1, 0.15) is 5.82 Å². The second-order valence-electron chi connectivity index (χ2n) is 6.38. The number of aryl methyl sites for hydroxylation is 2.